The van der Waals surface area contributed by atoms with Gasteiger partial charge in [-0.15, -0.1) is 0 Å². The Balaban J connectivity index is 2.30. The third kappa shape index (κ3) is 1.99. The van der Waals surface area contributed by atoms with Gasteiger partial charge in [0.2, 0.25) is 0 Å². The van der Waals surface area contributed by atoms with Crippen LogP contribution in [0, 0.1) is 6.92 Å². The van der Waals surface area contributed by atoms with Gasteiger partial charge in [0.05, 0.1) is 13.2 Å². The molecule has 2 heterocycles. The van der Waals surface area contributed by atoms with Crippen LogP contribution >= 0.6 is 0 Å². The number of ether oxygens (including phenoxy) is 1. The standard InChI is InChI=1S/C11H14N2O2/c1-9-10(8-14)12-3-2-11(9)13-4-6-15-7-5-13/h2-3,8H,4-7H2,1H3. The Morgan fingerprint density at radius 1 is 1.47 bits per heavy atom. The van der Waals surface area contributed by atoms with E-state index in [2.05, 4.69) is 9.88 Å². The Morgan fingerprint density at radius 2 is 2.20 bits per heavy atom. The van der Waals surface area contributed by atoms with Crippen molar-refractivity contribution in [3.63, 3.8) is 0 Å². The average molecular weight is 206 g/mol. The zero-order chi connectivity index (χ0) is 10.7. The SMILES string of the molecule is Cc1c(N2CCOCC2)ccnc1C=O. The highest BCUT2D eigenvalue weighted by molar-refractivity contribution is 5.77. The summed E-state index contributed by atoms with van der Waals surface area (Å²) in [4.78, 5) is 17.0. The Kier molecular flexibility index (Phi) is 2.97. The quantitative estimate of drug-likeness (QED) is 0.678. The van der Waals surface area contributed by atoms with Gasteiger partial charge in [-0.25, -0.2) is 0 Å². The number of morpholine rings is 1. The largest absolute Gasteiger partial charge is 0.378 e. The highest BCUT2D eigenvalue weighted by Crippen LogP contribution is 2.21. The molecule has 1 aromatic rings. The van der Waals surface area contributed by atoms with Crippen molar-refractivity contribution in [2.45, 2.75) is 6.92 Å². The van der Waals surface area contributed by atoms with E-state index in [4.69, 9.17) is 4.74 Å². The Morgan fingerprint density at radius 3 is 2.87 bits per heavy atom. The molecule has 4 heteroatoms. The Labute approximate surface area is 88.9 Å². The van der Waals surface area contributed by atoms with Crippen molar-refractivity contribution in [1.29, 1.82) is 0 Å². The van der Waals surface area contributed by atoms with Crippen LogP contribution in [0.15, 0.2) is 12.3 Å². The van der Waals surface area contributed by atoms with E-state index in [-0.39, 0.29) is 0 Å². The normalized spacial score (nSPS) is 16.5. The van der Waals surface area contributed by atoms with E-state index in [1.54, 1.807) is 6.20 Å². The van der Waals surface area contributed by atoms with Crippen LogP contribution in [0.4, 0.5) is 5.69 Å². The van der Waals surface area contributed by atoms with E-state index in [0.717, 1.165) is 43.8 Å². The Bertz CT molecular complexity index is 360. The van der Waals surface area contributed by atoms with Gasteiger partial charge in [0.1, 0.15) is 5.69 Å². The summed E-state index contributed by atoms with van der Waals surface area (Å²) < 4.78 is 5.29. The second kappa shape index (κ2) is 4.40. The lowest BCUT2D eigenvalue weighted by Crippen LogP contribution is -2.36. The van der Waals surface area contributed by atoms with Crippen LogP contribution in [0.1, 0.15) is 16.1 Å². The van der Waals surface area contributed by atoms with E-state index in [0.29, 0.717) is 5.69 Å². The van der Waals surface area contributed by atoms with Gasteiger partial charge in [-0.2, -0.15) is 0 Å². The van der Waals surface area contributed by atoms with Crippen LogP contribution in [0.2, 0.25) is 0 Å². The average Bonchev–Trinajstić information content (AvgIpc) is 2.30. The number of rotatable bonds is 2. The second-order valence-corrected chi connectivity index (χ2v) is 3.56. The fourth-order valence-electron chi connectivity index (χ4n) is 1.81. The van der Waals surface area contributed by atoms with Gasteiger partial charge < -0.3 is 9.64 Å². The van der Waals surface area contributed by atoms with Crippen LogP contribution in [0.3, 0.4) is 0 Å². The summed E-state index contributed by atoms with van der Waals surface area (Å²) in [5, 5.41) is 0. The minimum absolute atomic E-state index is 0.527. The van der Waals surface area contributed by atoms with Crippen LogP contribution in [0.25, 0.3) is 0 Å². The molecule has 2 rings (SSSR count). The number of hydrogen-bond donors (Lipinski definition) is 0. The highest BCUT2D eigenvalue weighted by atomic mass is 16.5. The minimum atomic E-state index is 0.527. The number of nitrogens with zero attached hydrogens (tertiary/aromatic N) is 2. The first-order chi connectivity index (χ1) is 7.33. The minimum Gasteiger partial charge on any atom is -0.378 e. The second-order valence-electron chi connectivity index (χ2n) is 3.56. The number of pyridine rings is 1. The highest BCUT2D eigenvalue weighted by Gasteiger charge is 2.14. The fraction of sp³-hybridized carbons (Fsp3) is 0.455. The van der Waals surface area contributed by atoms with Gasteiger partial charge in [-0.3, -0.25) is 9.78 Å². The van der Waals surface area contributed by atoms with Crippen LogP contribution in [-0.4, -0.2) is 37.6 Å². The van der Waals surface area contributed by atoms with E-state index >= 15 is 0 Å². The predicted molar refractivity (Wildman–Crippen MR) is 57.4 cm³/mol. The molecule has 0 radical (unpaired) electrons. The zero-order valence-corrected chi connectivity index (χ0v) is 8.77. The molecule has 1 aliphatic heterocycles. The molecule has 0 aliphatic carbocycles. The van der Waals surface area contributed by atoms with Gasteiger partial charge in [-0.05, 0) is 13.0 Å². The van der Waals surface area contributed by atoms with E-state index in [1.165, 1.54) is 0 Å². The molecule has 0 spiro atoms. The number of aldehydes is 1. The maximum atomic E-state index is 10.8. The summed E-state index contributed by atoms with van der Waals surface area (Å²) in [7, 11) is 0. The van der Waals surface area contributed by atoms with Crippen molar-refractivity contribution < 1.29 is 9.53 Å². The molecule has 0 amide bonds. The summed E-state index contributed by atoms with van der Waals surface area (Å²) >= 11 is 0. The van der Waals surface area contributed by atoms with Gasteiger partial charge in [0.25, 0.3) is 0 Å². The predicted octanol–water partition coefficient (Wildman–Crippen LogP) is 1.04. The van der Waals surface area contributed by atoms with Crippen molar-refractivity contribution in [3.05, 3.63) is 23.5 Å². The van der Waals surface area contributed by atoms with Crippen molar-refractivity contribution in [1.82, 2.24) is 4.98 Å². The number of carbonyl (C=O) groups excluding carboxylic acids is 1. The number of anilines is 1. The van der Waals surface area contributed by atoms with Crippen molar-refractivity contribution >= 4 is 12.0 Å². The third-order valence-electron chi connectivity index (χ3n) is 2.68. The number of carbonyl (C=O) groups is 1. The molecule has 4 nitrogen and oxygen atoms in total. The number of hydrogen-bond acceptors (Lipinski definition) is 4. The van der Waals surface area contributed by atoms with Crippen LogP contribution in [0.5, 0.6) is 0 Å². The lowest BCUT2D eigenvalue weighted by molar-refractivity contribution is 0.111. The molecule has 1 fully saturated rings. The third-order valence-corrected chi connectivity index (χ3v) is 2.68. The molecule has 0 bridgehead atoms. The lowest BCUT2D eigenvalue weighted by atomic mass is 10.1. The van der Waals surface area contributed by atoms with Crippen LogP contribution < -0.4 is 4.90 Å². The van der Waals surface area contributed by atoms with Crippen molar-refractivity contribution in [3.8, 4) is 0 Å². The molecule has 0 aromatic carbocycles. The molecule has 1 aliphatic rings. The molecule has 1 saturated heterocycles. The summed E-state index contributed by atoms with van der Waals surface area (Å²) in [5.74, 6) is 0. The van der Waals surface area contributed by atoms with E-state index in [1.807, 2.05) is 13.0 Å². The summed E-state index contributed by atoms with van der Waals surface area (Å²) in [5.41, 5.74) is 2.57. The molecule has 0 saturated carbocycles. The smallest absolute Gasteiger partial charge is 0.168 e. The lowest BCUT2D eigenvalue weighted by Gasteiger charge is -2.30. The van der Waals surface area contributed by atoms with Gasteiger partial charge >= 0.3 is 0 Å². The first kappa shape index (κ1) is 10.1. The Hall–Kier alpha value is -1.42. The molecular weight excluding hydrogens is 192 g/mol. The van der Waals surface area contributed by atoms with Gasteiger partial charge in [0, 0.05) is 30.5 Å². The molecule has 1 aromatic heterocycles. The van der Waals surface area contributed by atoms with Gasteiger partial charge in [-0.1, -0.05) is 0 Å². The van der Waals surface area contributed by atoms with E-state index < -0.39 is 0 Å². The van der Waals surface area contributed by atoms with Crippen LogP contribution in [-0.2, 0) is 4.74 Å². The summed E-state index contributed by atoms with van der Waals surface area (Å²) in [6.45, 7) is 5.18. The molecule has 0 N–H and O–H groups in total. The maximum Gasteiger partial charge on any atom is 0.168 e. The van der Waals surface area contributed by atoms with Gasteiger partial charge in [0.15, 0.2) is 6.29 Å². The van der Waals surface area contributed by atoms with Crippen molar-refractivity contribution in [2.24, 2.45) is 0 Å². The zero-order valence-electron chi connectivity index (χ0n) is 8.77. The fourth-order valence-corrected chi connectivity index (χ4v) is 1.81. The van der Waals surface area contributed by atoms with E-state index in [9.17, 15) is 4.79 Å². The molecule has 15 heavy (non-hydrogen) atoms. The topological polar surface area (TPSA) is 42.4 Å². The maximum absolute atomic E-state index is 10.8. The first-order valence-electron chi connectivity index (χ1n) is 5.06. The monoisotopic (exact) mass is 206 g/mol. The summed E-state index contributed by atoms with van der Waals surface area (Å²) in [6, 6.07) is 1.95. The summed E-state index contributed by atoms with van der Waals surface area (Å²) in [6.07, 6.45) is 2.49. The molecular formula is C11H14N2O2. The molecule has 0 unspecified atom stereocenters. The number of aromatic nitrogens is 1. The molecule has 0 atom stereocenters. The first-order valence-corrected chi connectivity index (χ1v) is 5.06. The van der Waals surface area contributed by atoms with Crippen molar-refractivity contribution in [2.75, 3.05) is 31.2 Å². The molecule has 80 valence electrons.